The van der Waals surface area contributed by atoms with E-state index in [2.05, 4.69) is 27.6 Å². The van der Waals surface area contributed by atoms with Crippen molar-refractivity contribution in [3.05, 3.63) is 14.8 Å². The predicted molar refractivity (Wildman–Crippen MR) is 37.2 cm³/mol. The highest BCUT2D eigenvalue weighted by atomic mass is 35.5. The highest BCUT2D eigenvalue weighted by Crippen LogP contribution is 2.11. The van der Waals surface area contributed by atoms with Crippen molar-refractivity contribution in [2.24, 2.45) is 0 Å². The Morgan fingerprint density at radius 3 is 2.00 bits per heavy atom. The van der Waals surface area contributed by atoms with Crippen LogP contribution in [0.1, 0.15) is 0 Å². The van der Waals surface area contributed by atoms with Crippen molar-refractivity contribution in [3.8, 4) is 0 Å². The van der Waals surface area contributed by atoms with E-state index < -0.39 is 0 Å². The average Bonchev–Trinajstić information content (AvgIpc) is 1.83. The van der Waals surface area contributed by atoms with Crippen LogP contribution in [0.15, 0.2) is 0 Å². The lowest BCUT2D eigenvalue weighted by molar-refractivity contribution is 0.862. The van der Waals surface area contributed by atoms with Gasteiger partial charge in [0.2, 0.25) is 0 Å². The van der Waals surface area contributed by atoms with Gasteiger partial charge in [-0.3, -0.25) is 0 Å². The van der Waals surface area contributed by atoms with Gasteiger partial charge in [-0.15, -0.1) is 10.2 Å². The van der Waals surface area contributed by atoms with E-state index in [0.29, 0.717) is 0 Å². The molecule has 0 unspecified atom stereocenters. The maximum absolute atomic E-state index is 5.44. The molecule has 0 aliphatic carbocycles. The van der Waals surface area contributed by atoms with E-state index in [1.165, 1.54) is 0 Å². The van der Waals surface area contributed by atoms with Gasteiger partial charge in [0.05, 0.1) is 0 Å². The molecule has 0 saturated carbocycles. The number of nitrogens with zero attached hydrogens (tertiary/aromatic N) is 2. The van der Waals surface area contributed by atoms with Crippen LogP contribution in [0.3, 0.4) is 0 Å². The van der Waals surface area contributed by atoms with Crippen molar-refractivity contribution in [3.63, 3.8) is 0 Å². The summed E-state index contributed by atoms with van der Waals surface area (Å²) in [4.78, 5) is 0. The minimum Gasteiger partial charge on any atom is -0.195 e. The van der Waals surface area contributed by atoms with Crippen LogP contribution in [0.5, 0.6) is 0 Å². The zero-order chi connectivity index (χ0) is 6.85. The highest BCUT2D eigenvalue weighted by molar-refractivity contribution is 7.71. The molecule has 1 heterocycles. The van der Waals surface area contributed by atoms with Gasteiger partial charge in [0.15, 0.2) is 10.3 Å². The van der Waals surface area contributed by atoms with E-state index in [-0.39, 0.29) is 14.8 Å². The summed E-state index contributed by atoms with van der Waals surface area (Å²) >= 11 is 15.6. The van der Waals surface area contributed by atoms with Crippen LogP contribution < -0.4 is 0 Å². The van der Waals surface area contributed by atoms with Gasteiger partial charge in [0.25, 0.3) is 0 Å². The van der Waals surface area contributed by atoms with Crippen molar-refractivity contribution >= 4 is 35.4 Å². The van der Waals surface area contributed by atoms with Crippen molar-refractivity contribution in [2.45, 2.75) is 0 Å². The Morgan fingerprint density at radius 2 is 1.67 bits per heavy atom. The Bertz CT molecular complexity index is 247. The van der Waals surface area contributed by atoms with E-state index >= 15 is 0 Å². The first-order chi connectivity index (χ1) is 4.22. The van der Waals surface area contributed by atoms with E-state index in [1.54, 1.807) is 0 Å². The average molecular weight is 182 g/mol. The van der Waals surface area contributed by atoms with Crippen LogP contribution >= 0.6 is 35.4 Å². The summed E-state index contributed by atoms with van der Waals surface area (Å²) < 4.78 is 0.275. The zero-order valence-electron chi connectivity index (χ0n) is 4.06. The molecule has 48 valence electrons. The second-order valence-corrected chi connectivity index (χ2v) is 2.36. The molecule has 0 aromatic carbocycles. The Hall–Kier alpha value is -0.190. The maximum Gasteiger partial charge on any atom is 0.172 e. The number of aromatic nitrogens is 3. The first-order valence-electron chi connectivity index (χ1n) is 1.98. The molecule has 0 aliphatic heterocycles. The molecule has 0 bridgehead atoms. The third-order valence-corrected chi connectivity index (χ3v) is 1.83. The van der Waals surface area contributed by atoms with Gasteiger partial charge in [-0.2, -0.15) is 5.21 Å². The zero-order valence-corrected chi connectivity index (χ0v) is 6.39. The van der Waals surface area contributed by atoms with Gasteiger partial charge in [0, 0.05) is 0 Å². The number of hydrogen-bond acceptors (Lipinski definition) is 3. The Morgan fingerprint density at radius 1 is 1.22 bits per heavy atom. The molecule has 3 nitrogen and oxygen atoms in total. The van der Waals surface area contributed by atoms with Crippen molar-refractivity contribution in [1.29, 1.82) is 0 Å². The van der Waals surface area contributed by atoms with Crippen LogP contribution in [0.4, 0.5) is 0 Å². The van der Waals surface area contributed by atoms with Gasteiger partial charge >= 0.3 is 0 Å². The fraction of sp³-hybridized carbons (Fsp3) is 0. The van der Waals surface area contributed by atoms with E-state index in [0.717, 1.165) is 0 Å². The number of aromatic amines is 1. The smallest absolute Gasteiger partial charge is 0.172 e. The van der Waals surface area contributed by atoms with Gasteiger partial charge in [0.1, 0.15) is 4.51 Å². The normalized spacial score (nSPS) is 9.56. The van der Waals surface area contributed by atoms with Crippen LogP contribution in [0.2, 0.25) is 10.3 Å². The summed E-state index contributed by atoms with van der Waals surface area (Å²) in [6.07, 6.45) is 0. The molecule has 9 heavy (non-hydrogen) atoms. The second kappa shape index (κ2) is 2.60. The summed E-state index contributed by atoms with van der Waals surface area (Å²) in [5.74, 6) is 0. The Labute approximate surface area is 66.0 Å². The van der Waals surface area contributed by atoms with E-state index in [9.17, 15) is 0 Å². The number of halogens is 2. The van der Waals surface area contributed by atoms with Crippen LogP contribution in [-0.4, -0.2) is 15.4 Å². The monoisotopic (exact) mass is 181 g/mol. The third-order valence-electron chi connectivity index (χ3n) is 0.671. The van der Waals surface area contributed by atoms with Gasteiger partial charge in [-0.1, -0.05) is 35.4 Å². The lowest BCUT2D eigenvalue weighted by Crippen LogP contribution is -1.87. The minimum absolute atomic E-state index is 0.171. The third kappa shape index (κ3) is 1.38. The van der Waals surface area contributed by atoms with E-state index in [4.69, 9.17) is 23.2 Å². The minimum atomic E-state index is 0.171. The predicted octanol–water partition coefficient (Wildman–Crippen LogP) is 1.84. The Balaban J connectivity index is 3.43. The summed E-state index contributed by atoms with van der Waals surface area (Å²) in [5.41, 5.74) is 0. The summed E-state index contributed by atoms with van der Waals surface area (Å²) in [7, 11) is 0. The number of nitrogens with one attached hydrogen (secondary N) is 1. The van der Waals surface area contributed by atoms with Crippen LogP contribution in [-0.2, 0) is 0 Å². The van der Waals surface area contributed by atoms with E-state index in [1.807, 2.05) is 0 Å². The molecular weight excluding hydrogens is 181 g/mol. The van der Waals surface area contributed by atoms with Gasteiger partial charge < -0.3 is 0 Å². The molecule has 1 aromatic rings. The molecular formula is C3HCl2N3S. The molecule has 0 fully saturated rings. The van der Waals surface area contributed by atoms with Crippen LogP contribution in [0, 0.1) is 4.51 Å². The molecule has 1 aromatic heterocycles. The van der Waals surface area contributed by atoms with Gasteiger partial charge in [-0.05, 0) is 0 Å². The molecule has 0 amide bonds. The van der Waals surface area contributed by atoms with Crippen molar-refractivity contribution in [1.82, 2.24) is 15.4 Å². The second-order valence-electron chi connectivity index (χ2n) is 1.23. The van der Waals surface area contributed by atoms with Crippen LogP contribution in [0.25, 0.3) is 0 Å². The molecule has 0 radical (unpaired) electrons. The maximum atomic E-state index is 5.44. The van der Waals surface area contributed by atoms with Crippen molar-refractivity contribution < 1.29 is 0 Å². The number of H-pyrrole nitrogens is 1. The molecule has 0 aliphatic rings. The molecule has 1 rings (SSSR count). The topological polar surface area (TPSA) is 41.6 Å². The largest absolute Gasteiger partial charge is 0.195 e. The standard InChI is InChI=1S/C3HCl2N3S/c4-2-1(9)3(5)7-8-6-2/h(H,8,9). The summed E-state index contributed by atoms with van der Waals surface area (Å²) in [6.45, 7) is 0. The quantitative estimate of drug-likeness (QED) is 0.622. The molecule has 0 spiro atoms. The molecule has 0 atom stereocenters. The summed E-state index contributed by atoms with van der Waals surface area (Å²) in [5, 5.41) is 9.54. The summed E-state index contributed by atoms with van der Waals surface area (Å²) in [6, 6.07) is 0. The van der Waals surface area contributed by atoms with Gasteiger partial charge in [-0.25, -0.2) is 0 Å². The highest BCUT2D eigenvalue weighted by Gasteiger charge is 1.96. The lowest BCUT2D eigenvalue weighted by atomic mass is 10.7. The first-order valence-corrected chi connectivity index (χ1v) is 3.14. The first kappa shape index (κ1) is 6.92. The molecule has 6 heteroatoms. The molecule has 0 saturated heterocycles. The number of hydrogen-bond donors (Lipinski definition) is 1. The Kier molecular flexibility index (Phi) is 2.00. The SMILES string of the molecule is S=c1c(Cl)n[nH]nc1Cl. The molecule has 1 N–H and O–H groups in total. The fourth-order valence-electron chi connectivity index (χ4n) is 0.299. The number of rotatable bonds is 0. The van der Waals surface area contributed by atoms with Crippen molar-refractivity contribution in [2.75, 3.05) is 0 Å². The fourth-order valence-corrected chi connectivity index (χ4v) is 0.694. The lowest BCUT2D eigenvalue weighted by Gasteiger charge is -1.87.